The van der Waals surface area contributed by atoms with Crippen molar-refractivity contribution in [3.8, 4) is 6.07 Å². The fourth-order valence-electron chi connectivity index (χ4n) is 1.76. The van der Waals surface area contributed by atoms with E-state index in [0.717, 1.165) is 10.5 Å². The van der Waals surface area contributed by atoms with Gasteiger partial charge in [0.2, 0.25) is 0 Å². The predicted octanol–water partition coefficient (Wildman–Crippen LogP) is 4.98. The average Bonchev–Trinajstić information content (AvgIpc) is 2.45. The normalized spacial score (nSPS) is 11.8. The van der Waals surface area contributed by atoms with Gasteiger partial charge in [0.25, 0.3) is 0 Å². The standard InChI is InChI=1S/C15H12Cl2N2S/c16-11-5-6-13(17)12(7-11)10(8-18)9-20-15-4-2-1-3-14(15)19/h1-7,10H,9,19H2. The molecule has 0 saturated heterocycles. The van der Waals surface area contributed by atoms with Crippen LogP contribution in [-0.2, 0) is 0 Å². The Morgan fingerprint density at radius 1 is 1.20 bits per heavy atom. The zero-order valence-corrected chi connectivity index (χ0v) is 12.8. The lowest BCUT2D eigenvalue weighted by molar-refractivity contribution is 0.997. The van der Waals surface area contributed by atoms with Crippen LogP contribution in [0, 0.1) is 11.3 Å². The third kappa shape index (κ3) is 3.61. The van der Waals surface area contributed by atoms with Crippen molar-refractivity contribution in [3.63, 3.8) is 0 Å². The molecule has 0 bridgehead atoms. The molecule has 0 heterocycles. The molecule has 0 amide bonds. The van der Waals surface area contributed by atoms with Gasteiger partial charge in [0, 0.05) is 26.4 Å². The van der Waals surface area contributed by atoms with Crippen LogP contribution in [0.1, 0.15) is 11.5 Å². The van der Waals surface area contributed by atoms with E-state index < -0.39 is 0 Å². The summed E-state index contributed by atoms with van der Waals surface area (Å²) in [6.07, 6.45) is 0. The summed E-state index contributed by atoms with van der Waals surface area (Å²) in [4.78, 5) is 0.964. The highest BCUT2D eigenvalue weighted by atomic mass is 35.5. The number of hydrogen-bond acceptors (Lipinski definition) is 3. The quantitative estimate of drug-likeness (QED) is 0.638. The van der Waals surface area contributed by atoms with E-state index in [1.807, 2.05) is 24.3 Å². The van der Waals surface area contributed by atoms with E-state index in [9.17, 15) is 5.26 Å². The van der Waals surface area contributed by atoms with Gasteiger partial charge in [-0.3, -0.25) is 0 Å². The summed E-state index contributed by atoms with van der Waals surface area (Å²) in [5.41, 5.74) is 7.36. The third-order valence-corrected chi connectivity index (χ3v) is 4.58. The number of nitrogens with zero attached hydrogens (tertiary/aromatic N) is 1. The number of nitrogen functional groups attached to an aromatic ring is 1. The van der Waals surface area contributed by atoms with Crippen LogP contribution >= 0.6 is 35.0 Å². The molecular weight excluding hydrogens is 311 g/mol. The molecule has 1 atom stereocenters. The summed E-state index contributed by atoms with van der Waals surface area (Å²) in [6, 6.07) is 15.0. The number of benzene rings is 2. The van der Waals surface area contributed by atoms with E-state index in [1.54, 1.807) is 18.2 Å². The second-order valence-electron chi connectivity index (χ2n) is 4.20. The molecule has 0 aliphatic rings. The Labute approximate surface area is 132 Å². The molecule has 20 heavy (non-hydrogen) atoms. The molecule has 2 aromatic carbocycles. The molecule has 2 aromatic rings. The Morgan fingerprint density at radius 2 is 1.95 bits per heavy atom. The molecule has 5 heteroatoms. The molecule has 0 saturated carbocycles. The number of nitriles is 1. The minimum atomic E-state index is -0.328. The first-order chi connectivity index (χ1) is 9.61. The van der Waals surface area contributed by atoms with E-state index in [2.05, 4.69) is 6.07 Å². The van der Waals surface area contributed by atoms with Gasteiger partial charge in [0.1, 0.15) is 0 Å². The van der Waals surface area contributed by atoms with Crippen molar-refractivity contribution in [1.82, 2.24) is 0 Å². The third-order valence-electron chi connectivity index (χ3n) is 2.81. The zero-order valence-electron chi connectivity index (χ0n) is 10.5. The smallest absolute Gasteiger partial charge is 0.0821 e. The van der Waals surface area contributed by atoms with Gasteiger partial charge in [0.05, 0.1) is 12.0 Å². The molecule has 2 nitrogen and oxygen atoms in total. The summed E-state index contributed by atoms with van der Waals surface area (Å²) < 4.78 is 0. The molecule has 2 N–H and O–H groups in total. The second kappa shape index (κ2) is 6.90. The van der Waals surface area contributed by atoms with Crippen LogP contribution in [0.4, 0.5) is 5.69 Å². The lowest BCUT2D eigenvalue weighted by Gasteiger charge is -2.12. The van der Waals surface area contributed by atoms with Gasteiger partial charge in [-0.05, 0) is 35.9 Å². The molecule has 0 spiro atoms. The number of thioether (sulfide) groups is 1. The van der Waals surface area contributed by atoms with Crippen molar-refractivity contribution < 1.29 is 0 Å². The maximum atomic E-state index is 9.35. The molecule has 2 rings (SSSR count). The maximum Gasteiger partial charge on any atom is 0.0821 e. The number of halogens is 2. The van der Waals surface area contributed by atoms with Crippen LogP contribution in [0.3, 0.4) is 0 Å². The molecule has 1 unspecified atom stereocenters. The minimum Gasteiger partial charge on any atom is -0.398 e. The number of para-hydroxylation sites is 1. The highest BCUT2D eigenvalue weighted by Crippen LogP contribution is 2.33. The SMILES string of the molecule is N#CC(CSc1ccccc1N)c1cc(Cl)ccc1Cl. The van der Waals surface area contributed by atoms with Gasteiger partial charge in [-0.15, -0.1) is 11.8 Å². The Hall–Kier alpha value is -1.34. The molecule has 0 fully saturated rings. The van der Waals surface area contributed by atoms with Crippen molar-refractivity contribution in [2.45, 2.75) is 10.8 Å². The second-order valence-corrected chi connectivity index (χ2v) is 6.10. The predicted molar refractivity (Wildman–Crippen MR) is 86.4 cm³/mol. The molecule has 0 radical (unpaired) electrons. The summed E-state index contributed by atoms with van der Waals surface area (Å²) in [5.74, 6) is 0.246. The van der Waals surface area contributed by atoms with Gasteiger partial charge in [-0.1, -0.05) is 35.3 Å². The van der Waals surface area contributed by atoms with E-state index in [0.29, 0.717) is 21.5 Å². The van der Waals surface area contributed by atoms with Gasteiger partial charge >= 0.3 is 0 Å². The summed E-state index contributed by atoms with van der Waals surface area (Å²) in [5, 5.41) is 10.5. The Morgan fingerprint density at radius 3 is 2.65 bits per heavy atom. The van der Waals surface area contributed by atoms with Crippen LogP contribution in [0.25, 0.3) is 0 Å². The van der Waals surface area contributed by atoms with Gasteiger partial charge in [0.15, 0.2) is 0 Å². The van der Waals surface area contributed by atoms with Crippen molar-refractivity contribution in [2.24, 2.45) is 0 Å². The Bertz CT molecular complexity index is 653. The average molecular weight is 323 g/mol. The fraction of sp³-hybridized carbons (Fsp3) is 0.133. The summed E-state index contributed by atoms with van der Waals surface area (Å²) in [7, 11) is 0. The molecule has 0 aromatic heterocycles. The van der Waals surface area contributed by atoms with Crippen LogP contribution in [0.2, 0.25) is 10.0 Å². The number of hydrogen-bond donors (Lipinski definition) is 1. The topological polar surface area (TPSA) is 49.8 Å². The Balaban J connectivity index is 2.16. The van der Waals surface area contributed by atoms with Crippen molar-refractivity contribution in [3.05, 3.63) is 58.1 Å². The van der Waals surface area contributed by atoms with Crippen molar-refractivity contribution in [1.29, 1.82) is 5.26 Å². The molecule has 0 aliphatic heterocycles. The molecular formula is C15H12Cl2N2S. The summed E-state index contributed by atoms with van der Waals surface area (Å²) in [6.45, 7) is 0. The zero-order chi connectivity index (χ0) is 14.5. The first-order valence-corrected chi connectivity index (χ1v) is 7.68. The monoisotopic (exact) mass is 322 g/mol. The maximum absolute atomic E-state index is 9.35. The lowest BCUT2D eigenvalue weighted by atomic mass is 10.0. The van der Waals surface area contributed by atoms with Gasteiger partial charge < -0.3 is 5.73 Å². The first-order valence-electron chi connectivity index (χ1n) is 5.93. The Kier molecular flexibility index (Phi) is 5.19. The first kappa shape index (κ1) is 15.1. The highest BCUT2D eigenvalue weighted by molar-refractivity contribution is 7.99. The van der Waals surface area contributed by atoms with E-state index in [1.165, 1.54) is 11.8 Å². The lowest BCUT2D eigenvalue weighted by Crippen LogP contribution is -2.01. The van der Waals surface area contributed by atoms with Crippen LogP contribution in [0.5, 0.6) is 0 Å². The van der Waals surface area contributed by atoms with Gasteiger partial charge in [-0.25, -0.2) is 0 Å². The van der Waals surface area contributed by atoms with Crippen molar-refractivity contribution in [2.75, 3.05) is 11.5 Å². The number of nitrogens with two attached hydrogens (primary N) is 1. The highest BCUT2D eigenvalue weighted by Gasteiger charge is 2.15. The van der Waals surface area contributed by atoms with Crippen LogP contribution in [-0.4, -0.2) is 5.75 Å². The molecule has 0 aliphatic carbocycles. The van der Waals surface area contributed by atoms with E-state index >= 15 is 0 Å². The minimum absolute atomic E-state index is 0.328. The number of rotatable bonds is 4. The van der Waals surface area contributed by atoms with Crippen LogP contribution < -0.4 is 5.73 Å². The largest absolute Gasteiger partial charge is 0.398 e. The fourth-order valence-corrected chi connectivity index (χ4v) is 3.20. The van der Waals surface area contributed by atoms with Crippen LogP contribution in [0.15, 0.2) is 47.4 Å². The van der Waals surface area contributed by atoms with E-state index in [-0.39, 0.29) is 5.92 Å². The molecule has 102 valence electrons. The van der Waals surface area contributed by atoms with E-state index in [4.69, 9.17) is 28.9 Å². The number of anilines is 1. The van der Waals surface area contributed by atoms with Gasteiger partial charge in [-0.2, -0.15) is 5.26 Å². The summed E-state index contributed by atoms with van der Waals surface area (Å²) >= 11 is 13.6. The van der Waals surface area contributed by atoms with Crippen molar-refractivity contribution >= 4 is 40.7 Å².